The zero-order valence-corrected chi connectivity index (χ0v) is 13.7. The van der Waals surface area contributed by atoms with Crippen molar-refractivity contribution in [3.8, 4) is 6.07 Å². The van der Waals surface area contributed by atoms with Gasteiger partial charge in [0.05, 0.1) is 6.07 Å². The lowest BCUT2D eigenvalue weighted by molar-refractivity contribution is 0.296. The molecule has 22 heavy (non-hydrogen) atoms. The molecular formula is C21H27N. The van der Waals surface area contributed by atoms with Crippen molar-refractivity contribution in [2.24, 2.45) is 11.8 Å². The molecule has 0 N–H and O–H groups in total. The molecule has 0 radical (unpaired) electrons. The van der Waals surface area contributed by atoms with Gasteiger partial charge in [0.1, 0.15) is 0 Å². The van der Waals surface area contributed by atoms with E-state index in [-0.39, 0.29) is 0 Å². The Labute approximate surface area is 135 Å². The Morgan fingerprint density at radius 2 is 1.73 bits per heavy atom. The van der Waals surface area contributed by atoms with Gasteiger partial charge in [0.2, 0.25) is 0 Å². The first kappa shape index (κ1) is 16.6. The van der Waals surface area contributed by atoms with Crippen LogP contribution in [0.4, 0.5) is 0 Å². The van der Waals surface area contributed by atoms with Crippen molar-refractivity contribution < 1.29 is 0 Å². The number of allylic oxidation sites excluding steroid dienone is 4. The van der Waals surface area contributed by atoms with Crippen molar-refractivity contribution in [1.29, 1.82) is 5.26 Å². The van der Waals surface area contributed by atoms with Crippen molar-refractivity contribution in [3.63, 3.8) is 0 Å². The van der Waals surface area contributed by atoms with E-state index in [9.17, 15) is 0 Å². The summed E-state index contributed by atoms with van der Waals surface area (Å²) < 4.78 is 0. The molecule has 0 spiro atoms. The first-order valence-corrected chi connectivity index (χ1v) is 8.62. The second kappa shape index (κ2) is 9.26. The van der Waals surface area contributed by atoms with E-state index < -0.39 is 0 Å². The zero-order valence-electron chi connectivity index (χ0n) is 13.7. The Balaban J connectivity index is 1.70. The maximum absolute atomic E-state index is 8.45. The topological polar surface area (TPSA) is 23.8 Å². The highest BCUT2D eigenvalue weighted by atomic mass is 14.2. The van der Waals surface area contributed by atoms with E-state index in [1.165, 1.54) is 55.7 Å². The van der Waals surface area contributed by atoms with Crippen molar-refractivity contribution in [3.05, 3.63) is 59.7 Å². The molecule has 1 fully saturated rings. The van der Waals surface area contributed by atoms with Crippen LogP contribution < -0.4 is 0 Å². The minimum atomic E-state index is 0.712. The lowest BCUT2D eigenvalue weighted by atomic mass is 9.79. The smallest absolute Gasteiger partial charge is 0.0912 e. The maximum Gasteiger partial charge on any atom is 0.0912 e. The van der Waals surface area contributed by atoms with Gasteiger partial charge < -0.3 is 0 Å². The van der Waals surface area contributed by atoms with Gasteiger partial charge in [0.15, 0.2) is 0 Å². The van der Waals surface area contributed by atoms with Crippen LogP contribution in [0.25, 0.3) is 0 Å². The molecule has 0 aliphatic heterocycles. The molecule has 0 bridgehead atoms. The number of hydrogen-bond acceptors (Lipinski definition) is 1. The van der Waals surface area contributed by atoms with Crippen LogP contribution in [-0.2, 0) is 12.8 Å². The maximum atomic E-state index is 8.45. The third-order valence-corrected chi connectivity index (χ3v) is 4.83. The van der Waals surface area contributed by atoms with Crippen molar-refractivity contribution in [2.45, 2.75) is 51.9 Å². The van der Waals surface area contributed by atoms with E-state index >= 15 is 0 Å². The minimum Gasteiger partial charge on any atom is -0.193 e. The lowest BCUT2D eigenvalue weighted by Gasteiger charge is -2.26. The largest absolute Gasteiger partial charge is 0.193 e. The predicted octanol–water partition coefficient (Wildman–Crippen LogP) is 5.62. The molecule has 0 aromatic heterocycles. The molecule has 0 atom stereocenters. The average Bonchev–Trinajstić information content (AvgIpc) is 2.58. The summed E-state index contributed by atoms with van der Waals surface area (Å²) in [6.07, 6.45) is 16.7. The van der Waals surface area contributed by atoms with Crippen LogP contribution in [0.3, 0.4) is 0 Å². The van der Waals surface area contributed by atoms with Gasteiger partial charge in [-0.15, -0.1) is 0 Å². The molecule has 1 aromatic rings. The Morgan fingerprint density at radius 1 is 1.05 bits per heavy atom. The van der Waals surface area contributed by atoms with E-state index in [0.717, 1.165) is 12.3 Å². The summed E-state index contributed by atoms with van der Waals surface area (Å²) in [5.74, 6) is 1.61. The fourth-order valence-electron chi connectivity index (χ4n) is 3.30. The summed E-state index contributed by atoms with van der Waals surface area (Å²) in [6, 6.07) is 11.2. The van der Waals surface area contributed by atoms with Crippen LogP contribution in [0.5, 0.6) is 0 Å². The Kier molecular flexibility index (Phi) is 6.97. The number of nitriles is 1. The second-order valence-electron chi connectivity index (χ2n) is 6.36. The van der Waals surface area contributed by atoms with E-state index in [2.05, 4.69) is 37.3 Å². The number of benzene rings is 1. The quantitative estimate of drug-likeness (QED) is 0.493. The number of hydrogen-bond donors (Lipinski definition) is 0. The SMILES string of the molecule is CCc1ccc(CCC2CCC(C=CC=CC#N)CC2)cc1. The summed E-state index contributed by atoms with van der Waals surface area (Å²) in [7, 11) is 0. The summed E-state index contributed by atoms with van der Waals surface area (Å²) in [5.41, 5.74) is 2.92. The van der Waals surface area contributed by atoms with Crippen molar-refractivity contribution in [2.75, 3.05) is 0 Å². The molecule has 0 heterocycles. The van der Waals surface area contributed by atoms with Gasteiger partial charge in [-0.25, -0.2) is 0 Å². The first-order chi connectivity index (χ1) is 10.8. The third-order valence-electron chi connectivity index (χ3n) is 4.83. The Hall–Kier alpha value is -1.81. The normalized spacial score (nSPS) is 22.2. The number of rotatable bonds is 6. The van der Waals surface area contributed by atoms with Gasteiger partial charge in [-0.1, -0.05) is 49.4 Å². The molecule has 1 heteroatoms. The molecule has 2 rings (SSSR count). The highest BCUT2D eigenvalue weighted by molar-refractivity contribution is 5.22. The minimum absolute atomic E-state index is 0.712. The van der Waals surface area contributed by atoms with Gasteiger partial charge >= 0.3 is 0 Å². The van der Waals surface area contributed by atoms with Crippen molar-refractivity contribution in [1.82, 2.24) is 0 Å². The van der Waals surface area contributed by atoms with Gasteiger partial charge in [-0.2, -0.15) is 5.26 Å². The number of aryl methyl sites for hydroxylation is 2. The van der Waals surface area contributed by atoms with Crippen LogP contribution in [0.15, 0.2) is 48.6 Å². The van der Waals surface area contributed by atoms with Gasteiger partial charge in [0, 0.05) is 6.08 Å². The molecule has 1 saturated carbocycles. The highest BCUT2D eigenvalue weighted by Crippen LogP contribution is 2.32. The van der Waals surface area contributed by atoms with E-state index in [0.29, 0.717) is 5.92 Å². The lowest BCUT2D eigenvalue weighted by Crippen LogP contribution is -2.13. The molecule has 1 aromatic carbocycles. The molecule has 0 saturated heterocycles. The van der Waals surface area contributed by atoms with E-state index in [1.807, 2.05) is 18.2 Å². The van der Waals surface area contributed by atoms with Crippen LogP contribution in [0, 0.1) is 23.2 Å². The van der Waals surface area contributed by atoms with Gasteiger partial charge in [-0.3, -0.25) is 0 Å². The third kappa shape index (κ3) is 5.53. The van der Waals surface area contributed by atoms with Crippen LogP contribution in [0.2, 0.25) is 0 Å². The van der Waals surface area contributed by atoms with Gasteiger partial charge in [0.25, 0.3) is 0 Å². The second-order valence-corrected chi connectivity index (χ2v) is 6.36. The summed E-state index contributed by atoms with van der Waals surface area (Å²) in [4.78, 5) is 0. The van der Waals surface area contributed by atoms with E-state index in [1.54, 1.807) is 0 Å². The Morgan fingerprint density at radius 3 is 2.36 bits per heavy atom. The fraction of sp³-hybridized carbons (Fsp3) is 0.476. The first-order valence-electron chi connectivity index (χ1n) is 8.62. The van der Waals surface area contributed by atoms with Crippen LogP contribution in [0.1, 0.15) is 50.2 Å². The molecule has 0 amide bonds. The van der Waals surface area contributed by atoms with Crippen LogP contribution >= 0.6 is 0 Å². The molecular weight excluding hydrogens is 266 g/mol. The van der Waals surface area contributed by atoms with Crippen LogP contribution in [-0.4, -0.2) is 0 Å². The molecule has 1 nitrogen and oxygen atoms in total. The zero-order chi connectivity index (χ0) is 15.6. The monoisotopic (exact) mass is 293 g/mol. The highest BCUT2D eigenvalue weighted by Gasteiger charge is 2.19. The summed E-state index contributed by atoms with van der Waals surface area (Å²) in [5, 5.41) is 8.45. The molecule has 0 unspecified atom stereocenters. The van der Waals surface area contributed by atoms with Crippen molar-refractivity contribution >= 4 is 0 Å². The predicted molar refractivity (Wildman–Crippen MR) is 93.5 cm³/mol. The standard InChI is InChI=1S/C21H27N/c1-2-18-7-9-20(10-8-18)15-16-21-13-11-19(12-14-21)6-4-3-5-17-22/h3-10,19,21H,2,11-16H2,1H3. The Bertz CT molecular complexity index is 522. The van der Waals surface area contributed by atoms with Gasteiger partial charge in [-0.05, 0) is 67.9 Å². The summed E-state index contributed by atoms with van der Waals surface area (Å²) in [6.45, 7) is 2.21. The molecule has 1 aliphatic rings. The molecule has 1 aliphatic carbocycles. The average molecular weight is 293 g/mol. The van der Waals surface area contributed by atoms with E-state index in [4.69, 9.17) is 5.26 Å². The summed E-state index contributed by atoms with van der Waals surface area (Å²) >= 11 is 0. The number of nitrogens with zero attached hydrogens (tertiary/aromatic N) is 1. The molecule has 116 valence electrons. The fourth-order valence-corrected chi connectivity index (χ4v) is 3.30.